The van der Waals surface area contributed by atoms with Crippen LogP contribution < -0.4 is 9.80 Å². The summed E-state index contributed by atoms with van der Waals surface area (Å²) in [6.07, 6.45) is 0. The van der Waals surface area contributed by atoms with Crippen molar-refractivity contribution in [1.29, 1.82) is 0 Å². The summed E-state index contributed by atoms with van der Waals surface area (Å²) in [5.74, 6) is 0.544. The number of para-hydroxylation sites is 1. The van der Waals surface area contributed by atoms with E-state index in [2.05, 4.69) is 36.9 Å². The predicted molar refractivity (Wildman–Crippen MR) is 80.7 cm³/mol. The van der Waals surface area contributed by atoms with Crippen LogP contribution in [0.2, 0.25) is 10.6 Å². The number of piperazine rings is 1. The van der Waals surface area contributed by atoms with Crippen LogP contribution in [0.1, 0.15) is 0 Å². The van der Waals surface area contributed by atoms with Gasteiger partial charge in [-0.05, 0) is 35.3 Å². The van der Waals surface area contributed by atoms with Crippen molar-refractivity contribution in [2.24, 2.45) is 0 Å². The van der Waals surface area contributed by atoms with E-state index in [1.807, 2.05) is 18.2 Å². The molecular weight excluding hydrogens is 297 g/mol. The standard InChI is InChI=1S/C13H13Cl2N5/c14-11-16-12(15)18-13(17-11)20-8-6-19(7-9-20)10-4-2-1-3-5-10/h1-5H,6-9H2. The van der Waals surface area contributed by atoms with Gasteiger partial charge in [0.2, 0.25) is 16.5 Å². The molecule has 0 aliphatic carbocycles. The maximum Gasteiger partial charge on any atom is 0.231 e. The molecule has 0 spiro atoms. The van der Waals surface area contributed by atoms with E-state index in [9.17, 15) is 0 Å². The molecule has 0 N–H and O–H groups in total. The van der Waals surface area contributed by atoms with Crippen molar-refractivity contribution in [3.63, 3.8) is 0 Å². The molecule has 0 saturated carbocycles. The highest BCUT2D eigenvalue weighted by Crippen LogP contribution is 2.19. The van der Waals surface area contributed by atoms with Crippen molar-refractivity contribution in [2.75, 3.05) is 36.0 Å². The van der Waals surface area contributed by atoms with E-state index < -0.39 is 0 Å². The molecule has 1 saturated heterocycles. The molecule has 1 fully saturated rings. The maximum atomic E-state index is 5.81. The Hall–Kier alpha value is -1.59. The lowest BCUT2D eigenvalue weighted by atomic mass is 10.2. The quantitative estimate of drug-likeness (QED) is 0.853. The smallest absolute Gasteiger partial charge is 0.231 e. The highest BCUT2D eigenvalue weighted by atomic mass is 35.5. The molecule has 0 atom stereocenters. The van der Waals surface area contributed by atoms with Gasteiger partial charge in [0.1, 0.15) is 0 Å². The minimum atomic E-state index is 0.130. The fourth-order valence-corrected chi connectivity index (χ4v) is 2.62. The van der Waals surface area contributed by atoms with Crippen LogP contribution in [0.5, 0.6) is 0 Å². The highest BCUT2D eigenvalue weighted by molar-refractivity contribution is 6.31. The molecule has 5 nitrogen and oxygen atoms in total. The van der Waals surface area contributed by atoms with E-state index in [4.69, 9.17) is 23.2 Å². The average molecular weight is 310 g/mol. The molecule has 0 unspecified atom stereocenters. The molecule has 0 amide bonds. The van der Waals surface area contributed by atoms with Gasteiger partial charge >= 0.3 is 0 Å². The molecule has 1 aliphatic rings. The molecule has 1 aliphatic heterocycles. The Morgan fingerprint density at radius 3 is 1.90 bits per heavy atom. The number of nitrogens with zero attached hydrogens (tertiary/aromatic N) is 5. The van der Waals surface area contributed by atoms with E-state index in [-0.39, 0.29) is 10.6 Å². The number of aromatic nitrogens is 3. The zero-order valence-electron chi connectivity index (χ0n) is 10.7. The lowest BCUT2D eigenvalue weighted by Crippen LogP contribution is -2.47. The van der Waals surface area contributed by atoms with Gasteiger partial charge in [-0.25, -0.2) is 0 Å². The first-order valence-corrected chi connectivity index (χ1v) is 7.10. The average Bonchev–Trinajstić information content (AvgIpc) is 2.47. The Morgan fingerprint density at radius 2 is 1.30 bits per heavy atom. The number of anilines is 2. The molecule has 0 bridgehead atoms. The number of halogens is 2. The maximum absolute atomic E-state index is 5.81. The molecule has 2 aromatic rings. The Balaban J connectivity index is 1.69. The van der Waals surface area contributed by atoms with Crippen molar-refractivity contribution >= 4 is 34.8 Å². The van der Waals surface area contributed by atoms with Gasteiger partial charge in [-0.1, -0.05) is 18.2 Å². The Bertz CT molecular complexity index is 564. The van der Waals surface area contributed by atoms with Gasteiger partial charge in [0.25, 0.3) is 0 Å². The van der Waals surface area contributed by atoms with E-state index >= 15 is 0 Å². The summed E-state index contributed by atoms with van der Waals surface area (Å²) in [6.45, 7) is 3.47. The largest absolute Gasteiger partial charge is 0.368 e. The fourth-order valence-electron chi connectivity index (χ4n) is 2.26. The lowest BCUT2D eigenvalue weighted by Gasteiger charge is -2.36. The number of rotatable bonds is 2. The van der Waals surface area contributed by atoms with Gasteiger partial charge in [0.05, 0.1) is 0 Å². The van der Waals surface area contributed by atoms with Crippen LogP contribution >= 0.6 is 23.2 Å². The monoisotopic (exact) mass is 309 g/mol. The molecule has 104 valence electrons. The van der Waals surface area contributed by atoms with Crippen LogP contribution in [0.15, 0.2) is 30.3 Å². The molecule has 1 aromatic heterocycles. The normalized spacial score (nSPS) is 15.5. The van der Waals surface area contributed by atoms with Gasteiger partial charge in [-0.3, -0.25) is 0 Å². The second-order valence-corrected chi connectivity index (χ2v) is 5.16. The predicted octanol–water partition coefficient (Wildman–Crippen LogP) is 2.50. The fraction of sp³-hybridized carbons (Fsp3) is 0.308. The third-order valence-corrected chi connectivity index (χ3v) is 3.59. The van der Waals surface area contributed by atoms with Crippen LogP contribution in [0.25, 0.3) is 0 Å². The van der Waals surface area contributed by atoms with Crippen molar-refractivity contribution in [3.05, 3.63) is 40.9 Å². The van der Waals surface area contributed by atoms with Gasteiger partial charge in [-0.15, -0.1) is 0 Å². The minimum absolute atomic E-state index is 0.130. The van der Waals surface area contributed by atoms with E-state index in [0.717, 1.165) is 26.2 Å². The summed E-state index contributed by atoms with van der Waals surface area (Å²) in [5, 5.41) is 0.260. The first kappa shape index (κ1) is 13.4. The van der Waals surface area contributed by atoms with Crippen molar-refractivity contribution in [1.82, 2.24) is 15.0 Å². The summed E-state index contributed by atoms with van der Waals surface area (Å²) in [7, 11) is 0. The van der Waals surface area contributed by atoms with Gasteiger partial charge < -0.3 is 9.80 Å². The first-order valence-electron chi connectivity index (χ1n) is 6.34. The second kappa shape index (κ2) is 5.81. The lowest BCUT2D eigenvalue weighted by molar-refractivity contribution is 0.638. The molecule has 0 radical (unpaired) electrons. The molecule has 1 aromatic carbocycles. The molecule has 3 rings (SSSR count). The van der Waals surface area contributed by atoms with E-state index in [1.54, 1.807) is 0 Å². The van der Waals surface area contributed by atoms with Crippen LogP contribution in [0, 0.1) is 0 Å². The SMILES string of the molecule is Clc1nc(Cl)nc(N2CCN(c3ccccc3)CC2)n1. The minimum Gasteiger partial charge on any atom is -0.368 e. The zero-order valence-corrected chi connectivity index (χ0v) is 12.2. The van der Waals surface area contributed by atoms with Gasteiger partial charge in [0, 0.05) is 31.9 Å². The highest BCUT2D eigenvalue weighted by Gasteiger charge is 2.20. The molecule has 2 heterocycles. The Labute approximate surface area is 127 Å². The number of hydrogen-bond acceptors (Lipinski definition) is 5. The van der Waals surface area contributed by atoms with Crippen LogP contribution in [0.3, 0.4) is 0 Å². The van der Waals surface area contributed by atoms with Crippen LogP contribution in [-0.4, -0.2) is 41.1 Å². The van der Waals surface area contributed by atoms with Crippen molar-refractivity contribution in [3.8, 4) is 0 Å². The third-order valence-electron chi connectivity index (χ3n) is 3.25. The number of benzene rings is 1. The van der Waals surface area contributed by atoms with Crippen molar-refractivity contribution < 1.29 is 0 Å². The third kappa shape index (κ3) is 2.94. The zero-order chi connectivity index (χ0) is 13.9. The molecule has 7 heteroatoms. The molecular formula is C13H13Cl2N5. The van der Waals surface area contributed by atoms with Gasteiger partial charge in [0.15, 0.2) is 0 Å². The Morgan fingerprint density at radius 1 is 0.750 bits per heavy atom. The van der Waals surface area contributed by atoms with E-state index in [0.29, 0.717) is 5.95 Å². The summed E-state index contributed by atoms with van der Waals surface area (Å²) in [5.41, 5.74) is 1.24. The summed E-state index contributed by atoms with van der Waals surface area (Å²) in [6, 6.07) is 10.4. The van der Waals surface area contributed by atoms with Crippen LogP contribution in [-0.2, 0) is 0 Å². The Kier molecular flexibility index (Phi) is 3.89. The summed E-state index contributed by atoms with van der Waals surface area (Å²) < 4.78 is 0. The van der Waals surface area contributed by atoms with Crippen molar-refractivity contribution in [2.45, 2.75) is 0 Å². The topological polar surface area (TPSA) is 45.2 Å². The first-order chi connectivity index (χ1) is 9.72. The summed E-state index contributed by atoms with van der Waals surface area (Å²) in [4.78, 5) is 16.4. The van der Waals surface area contributed by atoms with E-state index in [1.165, 1.54) is 5.69 Å². The van der Waals surface area contributed by atoms with Gasteiger partial charge in [-0.2, -0.15) is 15.0 Å². The second-order valence-electron chi connectivity index (χ2n) is 4.48. The number of hydrogen-bond donors (Lipinski definition) is 0. The summed E-state index contributed by atoms with van der Waals surface area (Å²) >= 11 is 11.6. The molecule has 20 heavy (non-hydrogen) atoms. The van der Waals surface area contributed by atoms with Crippen LogP contribution in [0.4, 0.5) is 11.6 Å².